The van der Waals surface area contributed by atoms with Gasteiger partial charge in [0.2, 0.25) is 5.91 Å². The molecule has 2 N–H and O–H groups in total. The zero-order valence-corrected chi connectivity index (χ0v) is 26.5. The molecule has 44 heavy (non-hydrogen) atoms. The van der Waals surface area contributed by atoms with Crippen LogP contribution in [0, 0.1) is 12.3 Å². The number of alkyl carbamates (subject to hydrolysis) is 1. The fourth-order valence-corrected chi connectivity index (χ4v) is 6.27. The monoisotopic (exact) mass is 614 g/mol. The average molecular weight is 615 g/mol. The third-order valence-electron chi connectivity index (χ3n) is 6.69. The molecule has 3 aromatic rings. The molecule has 1 atom stereocenters. The highest BCUT2D eigenvalue weighted by atomic mass is 32.2. The molecule has 0 aliphatic heterocycles. The lowest BCUT2D eigenvalue weighted by atomic mass is 9.84. The number of terminal acetylenes is 1. The number of rotatable bonds is 15. The molecule has 0 saturated carbocycles. The van der Waals surface area contributed by atoms with Gasteiger partial charge >= 0.3 is 12.1 Å². The van der Waals surface area contributed by atoms with Gasteiger partial charge in [-0.05, 0) is 50.3 Å². The number of unbranched alkanes of at least 4 members (excludes halogenated alkanes) is 2. The summed E-state index contributed by atoms with van der Waals surface area (Å²) in [5.41, 5.74) is 2.44. The molecular weight excluding hydrogens is 572 g/mol. The molecule has 2 amide bonds. The van der Waals surface area contributed by atoms with Gasteiger partial charge in [0.1, 0.15) is 11.6 Å². The van der Waals surface area contributed by atoms with E-state index in [-0.39, 0.29) is 30.7 Å². The Morgan fingerprint density at radius 3 is 1.82 bits per heavy atom. The van der Waals surface area contributed by atoms with Gasteiger partial charge in [-0.15, -0.1) is 18.2 Å². The van der Waals surface area contributed by atoms with Crippen LogP contribution in [-0.4, -0.2) is 48.5 Å². The summed E-state index contributed by atoms with van der Waals surface area (Å²) in [4.78, 5) is 38.1. The third kappa shape index (κ3) is 10.5. The van der Waals surface area contributed by atoms with Crippen molar-refractivity contribution in [3.8, 4) is 12.3 Å². The zero-order valence-electron chi connectivity index (χ0n) is 25.7. The second kappa shape index (κ2) is 17.2. The topological polar surface area (TPSA) is 93.7 Å². The molecule has 0 radical (unpaired) electrons. The number of ether oxygens (including phenoxy) is 2. The Morgan fingerprint density at radius 1 is 0.818 bits per heavy atom. The van der Waals surface area contributed by atoms with Crippen molar-refractivity contribution in [2.45, 2.75) is 62.8 Å². The molecule has 3 aromatic carbocycles. The molecule has 0 bridgehead atoms. The first-order chi connectivity index (χ1) is 21.2. The highest BCUT2D eigenvalue weighted by Crippen LogP contribution is 2.48. The second-order valence-electron chi connectivity index (χ2n) is 11.3. The summed E-state index contributed by atoms with van der Waals surface area (Å²) in [5.74, 6) is 1.91. The van der Waals surface area contributed by atoms with E-state index >= 15 is 0 Å². The third-order valence-corrected chi connectivity index (χ3v) is 8.33. The first-order valence-corrected chi connectivity index (χ1v) is 15.8. The van der Waals surface area contributed by atoms with Crippen molar-refractivity contribution < 1.29 is 23.9 Å². The van der Waals surface area contributed by atoms with Gasteiger partial charge in [0, 0.05) is 18.7 Å². The summed E-state index contributed by atoms with van der Waals surface area (Å²) in [6.45, 7) is 5.72. The molecule has 0 spiro atoms. The van der Waals surface area contributed by atoms with E-state index in [1.54, 1.807) is 32.5 Å². The quantitative estimate of drug-likeness (QED) is 0.0884. The number of esters is 1. The lowest BCUT2D eigenvalue weighted by molar-refractivity contribution is -0.142. The summed E-state index contributed by atoms with van der Waals surface area (Å²) >= 11 is 1.59. The van der Waals surface area contributed by atoms with Gasteiger partial charge < -0.3 is 20.1 Å². The van der Waals surface area contributed by atoms with Crippen molar-refractivity contribution in [3.05, 3.63) is 108 Å². The molecule has 232 valence electrons. The first kappa shape index (κ1) is 34.3. The van der Waals surface area contributed by atoms with Gasteiger partial charge in [0.25, 0.3) is 0 Å². The van der Waals surface area contributed by atoms with E-state index in [9.17, 15) is 14.4 Å². The molecule has 0 fully saturated rings. The van der Waals surface area contributed by atoms with Crippen LogP contribution in [0.15, 0.2) is 91.0 Å². The van der Waals surface area contributed by atoms with Gasteiger partial charge in [-0.2, -0.15) is 0 Å². The smallest absolute Gasteiger partial charge is 0.408 e. The molecule has 8 heteroatoms. The Labute approximate surface area is 265 Å². The van der Waals surface area contributed by atoms with Crippen LogP contribution in [0.4, 0.5) is 4.79 Å². The van der Waals surface area contributed by atoms with Crippen LogP contribution >= 0.6 is 11.8 Å². The predicted octanol–water partition coefficient (Wildman–Crippen LogP) is 6.46. The molecule has 0 saturated heterocycles. The maximum absolute atomic E-state index is 13.5. The Morgan fingerprint density at radius 2 is 1.34 bits per heavy atom. The number of hydrogen-bond acceptors (Lipinski definition) is 6. The minimum atomic E-state index is -0.871. The molecule has 0 aromatic heterocycles. The molecule has 3 rings (SSSR count). The van der Waals surface area contributed by atoms with Crippen LogP contribution in [0.25, 0.3) is 0 Å². The van der Waals surface area contributed by atoms with E-state index in [0.29, 0.717) is 19.4 Å². The molecule has 0 aliphatic rings. The Balaban J connectivity index is 1.82. The first-order valence-electron chi connectivity index (χ1n) is 14.8. The van der Waals surface area contributed by atoms with Crippen molar-refractivity contribution in [1.82, 2.24) is 10.6 Å². The van der Waals surface area contributed by atoms with Crippen LogP contribution in [0.3, 0.4) is 0 Å². The standard InChI is InChI=1S/C36H42N2O5S/c1-5-26-42-32(39)24-16-9-17-25-37-33(40)31(38-34(41)43-35(2,3)4)27-44-36(28-18-10-6-11-19-28,29-20-12-7-13-21-29)30-22-14-8-15-23-30/h1,6-8,10-15,18-23,31H,9,16-17,24-27H2,2-4H3,(H,37,40)(H,38,41)/t31-/m1/s1. The second-order valence-corrected chi connectivity index (χ2v) is 12.5. The molecule has 0 aliphatic carbocycles. The Hall–Kier alpha value is -4.22. The minimum absolute atomic E-state index is 0.0287. The van der Waals surface area contributed by atoms with Crippen LogP contribution < -0.4 is 10.6 Å². The van der Waals surface area contributed by atoms with Gasteiger partial charge in [-0.1, -0.05) is 103 Å². The Bertz CT molecular complexity index is 1270. The van der Waals surface area contributed by atoms with Gasteiger partial charge in [-0.25, -0.2) is 4.79 Å². The summed E-state index contributed by atoms with van der Waals surface area (Å²) in [6.07, 6.45) is 6.75. The van der Waals surface area contributed by atoms with E-state index < -0.39 is 22.5 Å². The van der Waals surface area contributed by atoms with Gasteiger partial charge in [-0.3, -0.25) is 9.59 Å². The number of carbonyl (C=O) groups is 3. The van der Waals surface area contributed by atoms with E-state index in [4.69, 9.17) is 15.9 Å². The largest absolute Gasteiger partial charge is 0.452 e. The van der Waals surface area contributed by atoms with E-state index in [0.717, 1.165) is 23.1 Å². The lowest BCUT2D eigenvalue weighted by Gasteiger charge is -2.36. The predicted molar refractivity (Wildman–Crippen MR) is 176 cm³/mol. The van der Waals surface area contributed by atoms with Crippen LogP contribution in [-0.2, 0) is 23.8 Å². The number of amides is 2. The lowest BCUT2D eigenvalue weighted by Crippen LogP contribution is -2.50. The molecule has 7 nitrogen and oxygen atoms in total. The van der Waals surface area contributed by atoms with Crippen molar-refractivity contribution in [1.29, 1.82) is 0 Å². The molecular formula is C36H42N2O5S. The number of thioether (sulfide) groups is 1. The maximum Gasteiger partial charge on any atom is 0.408 e. The number of carbonyl (C=O) groups excluding carboxylic acids is 3. The van der Waals surface area contributed by atoms with Crippen LogP contribution in [0.2, 0.25) is 0 Å². The van der Waals surface area contributed by atoms with Crippen molar-refractivity contribution >= 4 is 29.7 Å². The number of benzene rings is 3. The fraction of sp³-hybridized carbons (Fsp3) is 0.361. The average Bonchev–Trinajstić information content (AvgIpc) is 3.02. The Kier molecular flexibility index (Phi) is 13.4. The summed E-state index contributed by atoms with van der Waals surface area (Å²) in [5, 5.41) is 5.78. The van der Waals surface area contributed by atoms with Gasteiger partial charge in [0.05, 0.1) is 4.75 Å². The van der Waals surface area contributed by atoms with Crippen LogP contribution in [0.5, 0.6) is 0 Å². The van der Waals surface area contributed by atoms with Crippen molar-refractivity contribution in [2.24, 2.45) is 0 Å². The normalized spacial score (nSPS) is 12.0. The highest BCUT2D eigenvalue weighted by Gasteiger charge is 2.38. The maximum atomic E-state index is 13.5. The molecule has 0 heterocycles. The van der Waals surface area contributed by atoms with E-state index in [1.165, 1.54) is 0 Å². The number of nitrogens with one attached hydrogen (secondary N) is 2. The summed E-state index contributed by atoms with van der Waals surface area (Å²) in [6, 6.07) is 29.7. The minimum Gasteiger partial charge on any atom is -0.452 e. The summed E-state index contributed by atoms with van der Waals surface area (Å²) in [7, 11) is 0. The number of hydrogen-bond donors (Lipinski definition) is 2. The summed E-state index contributed by atoms with van der Waals surface area (Å²) < 4.78 is 9.75. The fourth-order valence-electron chi connectivity index (χ4n) is 4.71. The zero-order chi connectivity index (χ0) is 31.8. The van der Waals surface area contributed by atoms with Crippen molar-refractivity contribution in [3.63, 3.8) is 0 Å². The SMILES string of the molecule is C#CCOC(=O)CCCCCNC(=O)[C@@H](CSC(c1ccccc1)(c1ccccc1)c1ccccc1)NC(=O)OC(C)(C)C. The van der Waals surface area contributed by atoms with Crippen molar-refractivity contribution in [2.75, 3.05) is 18.9 Å². The van der Waals surface area contributed by atoms with E-state index in [1.807, 2.05) is 54.6 Å². The van der Waals surface area contributed by atoms with Gasteiger partial charge in [0.15, 0.2) is 6.61 Å². The van der Waals surface area contributed by atoms with Crippen LogP contribution in [0.1, 0.15) is 63.1 Å². The van der Waals surface area contributed by atoms with E-state index in [2.05, 4.69) is 53.0 Å². The molecule has 0 unspecified atom stereocenters. The highest BCUT2D eigenvalue weighted by molar-refractivity contribution is 8.00.